The van der Waals surface area contributed by atoms with Crippen LogP contribution in [0.4, 0.5) is 0 Å². The first kappa shape index (κ1) is 20.1. The summed E-state index contributed by atoms with van der Waals surface area (Å²) in [4.78, 5) is 1.32. The van der Waals surface area contributed by atoms with E-state index in [0.717, 1.165) is 11.1 Å². The Hall–Kier alpha value is -3.64. The van der Waals surface area contributed by atoms with Crippen LogP contribution in [0.1, 0.15) is 5.56 Å². The predicted octanol–water partition coefficient (Wildman–Crippen LogP) is 1.86. The number of hydrogen-bond acceptors (Lipinski definition) is 8. The van der Waals surface area contributed by atoms with Crippen molar-refractivity contribution in [2.24, 2.45) is 0 Å². The molecule has 1 atom stereocenters. The molecule has 1 N–H and O–H groups in total. The number of benzene rings is 2. The number of nitriles is 1. The molecule has 0 amide bonds. The molecule has 0 aliphatic carbocycles. The van der Waals surface area contributed by atoms with Crippen LogP contribution >= 0.6 is 0 Å². The van der Waals surface area contributed by atoms with E-state index >= 15 is 0 Å². The van der Waals surface area contributed by atoms with E-state index in [4.69, 9.17) is 19.5 Å². The van der Waals surface area contributed by atoms with Crippen LogP contribution in [0.3, 0.4) is 0 Å². The van der Waals surface area contributed by atoms with Crippen LogP contribution in [-0.4, -0.2) is 52.2 Å². The van der Waals surface area contributed by atoms with Gasteiger partial charge in [-0.1, -0.05) is 12.1 Å². The van der Waals surface area contributed by atoms with Crippen LogP contribution in [-0.2, 0) is 13.0 Å². The Labute approximate surface area is 168 Å². The Morgan fingerprint density at radius 1 is 1.10 bits per heavy atom. The van der Waals surface area contributed by atoms with Crippen LogP contribution in [0, 0.1) is 11.3 Å². The van der Waals surface area contributed by atoms with Gasteiger partial charge in [-0.05, 0) is 41.1 Å². The number of aromatic nitrogens is 4. The number of aliphatic hydroxyl groups excluding tert-OH is 1. The van der Waals surface area contributed by atoms with Crippen molar-refractivity contribution in [2.45, 2.75) is 19.1 Å². The quantitative estimate of drug-likeness (QED) is 0.584. The topological polar surface area (TPSA) is 115 Å². The molecule has 0 fully saturated rings. The van der Waals surface area contributed by atoms with Crippen molar-refractivity contribution < 1.29 is 19.3 Å². The number of nitrogens with zero attached hydrogens (tertiary/aromatic N) is 5. The van der Waals surface area contributed by atoms with E-state index in [0.29, 0.717) is 29.5 Å². The Kier molecular flexibility index (Phi) is 6.60. The summed E-state index contributed by atoms with van der Waals surface area (Å²) in [6.07, 6.45) is -0.468. The standard InChI is InChI=1S/C20H21N5O4/c1-27-18-8-5-15(11-19(18)28-2)20-22-24-25(23-20)12-16(26)13-29-17-6-3-14(4-7-17)9-10-21/h3-8,11,16,26H,9,12-13H2,1-2H3. The maximum Gasteiger partial charge on any atom is 0.205 e. The Bertz CT molecular complexity index is 981. The van der Waals surface area contributed by atoms with Gasteiger partial charge in [-0.25, -0.2) is 0 Å². The number of tetrazole rings is 1. The summed E-state index contributed by atoms with van der Waals surface area (Å²) >= 11 is 0. The van der Waals surface area contributed by atoms with Crippen LogP contribution in [0.5, 0.6) is 17.2 Å². The van der Waals surface area contributed by atoms with Gasteiger partial charge in [0.1, 0.15) is 18.5 Å². The van der Waals surface area contributed by atoms with Crippen LogP contribution in [0.2, 0.25) is 0 Å². The van der Waals surface area contributed by atoms with Gasteiger partial charge in [-0.3, -0.25) is 0 Å². The number of rotatable bonds is 9. The normalized spacial score (nSPS) is 11.5. The number of hydrogen-bond donors (Lipinski definition) is 1. The summed E-state index contributed by atoms with van der Waals surface area (Å²) < 4.78 is 16.1. The Morgan fingerprint density at radius 2 is 1.86 bits per heavy atom. The molecule has 0 radical (unpaired) electrons. The molecule has 0 aliphatic rings. The maximum atomic E-state index is 10.2. The van der Waals surface area contributed by atoms with E-state index in [9.17, 15) is 5.11 Å². The molecule has 9 heteroatoms. The van der Waals surface area contributed by atoms with Crippen molar-refractivity contribution in [3.63, 3.8) is 0 Å². The minimum absolute atomic E-state index is 0.0742. The zero-order valence-corrected chi connectivity index (χ0v) is 16.1. The highest BCUT2D eigenvalue weighted by molar-refractivity contribution is 5.60. The van der Waals surface area contributed by atoms with E-state index < -0.39 is 6.10 Å². The third-order valence-corrected chi connectivity index (χ3v) is 4.12. The number of ether oxygens (including phenoxy) is 3. The largest absolute Gasteiger partial charge is 0.493 e. The van der Waals surface area contributed by atoms with Crippen LogP contribution < -0.4 is 14.2 Å². The fourth-order valence-electron chi connectivity index (χ4n) is 2.64. The molecule has 0 bridgehead atoms. The lowest BCUT2D eigenvalue weighted by Crippen LogP contribution is -2.25. The zero-order valence-electron chi connectivity index (χ0n) is 16.1. The van der Waals surface area contributed by atoms with Crippen molar-refractivity contribution in [3.05, 3.63) is 48.0 Å². The monoisotopic (exact) mass is 395 g/mol. The second-order valence-corrected chi connectivity index (χ2v) is 6.18. The van der Waals surface area contributed by atoms with Gasteiger partial charge in [0.25, 0.3) is 0 Å². The smallest absolute Gasteiger partial charge is 0.205 e. The third-order valence-electron chi connectivity index (χ3n) is 4.12. The number of aliphatic hydroxyl groups is 1. The lowest BCUT2D eigenvalue weighted by molar-refractivity contribution is 0.0850. The van der Waals surface area contributed by atoms with Gasteiger partial charge in [0, 0.05) is 5.56 Å². The van der Waals surface area contributed by atoms with Crippen molar-refractivity contribution >= 4 is 0 Å². The molecule has 2 aromatic carbocycles. The minimum Gasteiger partial charge on any atom is -0.493 e. The SMILES string of the molecule is COc1ccc(-c2nnn(CC(O)COc3ccc(CC#N)cc3)n2)cc1OC. The Balaban J connectivity index is 1.57. The van der Waals surface area contributed by atoms with Gasteiger partial charge in [0.15, 0.2) is 11.5 Å². The highest BCUT2D eigenvalue weighted by Gasteiger charge is 2.13. The molecule has 150 valence electrons. The van der Waals surface area contributed by atoms with Crippen molar-refractivity contribution in [1.82, 2.24) is 20.2 Å². The third kappa shape index (κ3) is 5.21. The summed E-state index contributed by atoms with van der Waals surface area (Å²) in [6.45, 7) is 0.206. The molecule has 0 spiro atoms. The summed E-state index contributed by atoms with van der Waals surface area (Å²) in [7, 11) is 3.12. The molecule has 3 aromatic rings. The van der Waals surface area contributed by atoms with Gasteiger partial charge < -0.3 is 19.3 Å². The molecular weight excluding hydrogens is 374 g/mol. The lowest BCUT2D eigenvalue weighted by atomic mass is 10.2. The van der Waals surface area contributed by atoms with Crippen molar-refractivity contribution in [2.75, 3.05) is 20.8 Å². The van der Waals surface area contributed by atoms with Gasteiger partial charge in [0.05, 0.1) is 33.3 Å². The average Bonchev–Trinajstić information content (AvgIpc) is 3.21. The fourth-order valence-corrected chi connectivity index (χ4v) is 2.64. The molecule has 1 unspecified atom stereocenters. The van der Waals surface area contributed by atoms with Crippen LogP contribution in [0.15, 0.2) is 42.5 Å². The molecule has 9 nitrogen and oxygen atoms in total. The minimum atomic E-state index is -0.818. The molecule has 1 heterocycles. The van der Waals surface area contributed by atoms with E-state index in [1.54, 1.807) is 44.6 Å². The molecular formula is C20H21N5O4. The predicted molar refractivity (Wildman–Crippen MR) is 104 cm³/mol. The second-order valence-electron chi connectivity index (χ2n) is 6.18. The van der Waals surface area contributed by atoms with Gasteiger partial charge in [-0.15, -0.1) is 10.2 Å². The zero-order chi connectivity index (χ0) is 20.6. The molecule has 0 saturated carbocycles. The molecule has 3 rings (SSSR count). The first-order valence-electron chi connectivity index (χ1n) is 8.90. The summed E-state index contributed by atoms with van der Waals surface area (Å²) in [5.41, 5.74) is 1.63. The molecule has 0 aliphatic heterocycles. The van der Waals surface area contributed by atoms with E-state index in [1.807, 2.05) is 12.1 Å². The van der Waals surface area contributed by atoms with Crippen molar-refractivity contribution in [3.8, 4) is 34.7 Å². The summed E-state index contributed by atoms with van der Waals surface area (Å²) in [6, 6.07) is 14.6. The maximum absolute atomic E-state index is 10.2. The van der Waals surface area contributed by atoms with Crippen molar-refractivity contribution in [1.29, 1.82) is 5.26 Å². The van der Waals surface area contributed by atoms with E-state index in [2.05, 4.69) is 21.5 Å². The average molecular weight is 395 g/mol. The highest BCUT2D eigenvalue weighted by atomic mass is 16.5. The van der Waals surface area contributed by atoms with Crippen LogP contribution in [0.25, 0.3) is 11.4 Å². The highest BCUT2D eigenvalue weighted by Crippen LogP contribution is 2.30. The Morgan fingerprint density at radius 3 is 2.55 bits per heavy atom. The van der Waals surface area contributed by atoms with E-state index in [-0.39, 0.29) is 13.2 Å². The summed E-state index contributed by atoms with van der Waals surface area (Å²) in [5.74, 6) is 2.20. The fraction of sp³-hybridized carbons (Fsp3) is 0.300. The van der Waals surface area contributed by atoms with Gasteiger partial charge >= 0.3 is 0 Å². The molecule has 0 saturated heterocycles. The first-order valence-corrected chi connectivity index (χ1v) is 8.90. The van der Waals surface area contributed by atoms with E-state index in [1.165, 1.54) is 4.80 Å². The van der Waals surface area contributed by atoms with Gasteiger partial charge in [-0.2, -0.15) is 10.1 Å². The first-order chi connectivity index (χ1) is 14.1. The van der Waals surface area contributed by atoms with Gasteiger partial charge in [0.2, 0.25) is 5.82 Å². The molecule has 1 aromatic heterocycles. The number of methoxy groups -OCH3 is 2. The lowest BCUT2D eigenvalue weighted by Gasteiger charge is -2.11. The summed E-state index contributed by atoms with van der Waals surface area (Å²) in [5, 5.41) is 31.2. The second kappa shape index (κ2) is 9.52. The molecule has 29 heavy (non-hydrogen) atoms.